The Morgan fingerprint density at radius 1 is 1.28 bits per heavy atom. The van der Waals surface area contributed by atoms with Gasteiger partial charge in [-0.1, -0.05) is 11.8 Å². The van der Waals surface area contributed by atoms with Crippen molar-refractivity contribution < 1.29 is 18.0 Å². The number of furan rings is 1. The van der Waals surface area contributed by atoms with Crippen LogP contribution >= 0.6 is 11.8 Å². The lowest BCUT2D eigenvalue weighted by molar-refractivity contribution is -0.113. The second-order valence-electron chi connectivity index (χ2n) is 6.92. The van der Waals surface area contributed by atoms with E-state index in [1.54, 1.807) is 23.7 Å². The van der Waals surface area contributed by atoms with E-state index in [4.69, 9.17) is 4.42 Å². The normalized spacial score (nSPS) is 11.2. The molecule has 8 nitrogen and oxygen atoms in total. The first-order chi connectivity index (χ1) is 15.4. The SMILES string of the molecule is CCn1nc(C)c2nc(SCC(=O)Nc3cc(F)ccc3F)n(Cc3ccco3)c(=O)c21. The first-order valence-corrected chi connectivity index (χ1v) is 10.7. The largest absolute Gasteiger partial charge is 0.467 e. The minimum atomic E-state index is -0.748. The fraction of sp³-hybridized carbons (Fsp3) is 0.238. The lowest BCUT2D eigenvalue weighted by Gasteiger charge is -2.12. The van der Waals surface area contributed by atoms with Gasteiger partial charge in [-0.05, 0) is 38.1 Å². The zero-order chi connectivity index (χ0) is 22.8. The van der Waals surface area contributed by atoms with Crippen molar-refractivity contribution in [3.63, 3.8) is 0 Å². The number of hydrogen-bond acceptors (Lipinski definition) is 6. The van der Waals surface area contributed by atoms with E-state index >= 15 is 0 Å². The standard InChI is InChI=1S/C21H19F2N5O3S/c1-3-28-19-18(12(2)26-28)25-21(27(20(19)30)10-14-5-4-8-31-14)32-11-17(29)24-16-9-13(22)6-7-15(16)23/h4-9H,3,10-11H2,1-2H3,(H,24,29). The van der Waals surface area contributed by atoms with E-state index in [2.05, 4.69) is 15.4 Å². The van der Waals surface area contributed by atoms with Crippen molar-refractivity contribution in [2.45, 2.75) is 32.1 Å². The van der Waals surface area contributed by atoms with Crippen molar-refractivity contribution in [1.82, 2.24) is 19.3 Å². The molecule has 0 saturated carbocycles. The van der Waals surface area contributed by atoms with Gasteiger partial charge in [-0.25, -0.2) is 13.8 Å². The molecule has 0 spiro atoms. The number of rotatable bonds is 7. The smallest absolute Gasteiger partial charge is 0.280 e. The molecular weight excluding hydrogens is 440 g/mol. The van der Waals surface area contributed by atoms with Crippen LogP contribution in [0.4, 0.5) is 14.5 Å². The summed E-state index contributed by atoms with van der Waals surface area (Å²) in [5.74, 6) is -1.62. The quantitative estimate of drug-likeness (QED) is 0.335. The molecule has 0 radical (unpaired) electrons. The summed E-state index contributed by atoms with van der Waals surface area (Å²) in [6, 6.07) is 6.23. The Morgan fingerprint density at radius 3 is 2.81 bits per heavy atom. The third kappa shape index (κ3) is 4.28. The predicted molar refractivity (Wildman–Crippen MR) is 116 cm³/mol. The molecule has 3 heterocycles. The van der Waals surface area contributed by atoms with Gasteiger partial charge in [0.2, 0.25) is 5.91 Å². The Labute approximate surface area is 185 Å². The number of nitrogens with zero attached hydrogens (tertiary/aromatic N) is 4. The van der Waals surface area contributed by atoms with Crippen LogP contribution in [-0.2, 0) is 17.9 Å². The fourth-order valence-corrected chi connectivity index (χ4v) is 4.03. The Balaban J connectivity index is 1.66. The van der Waals surface area contributed by atoms with Gasteiger partial charge in [-0.15, -0.1) is 0 Å². The van der Waals surface area contributed by atoms with E-state index in [0.29, 0.717) is 29.0 Å². The van der Waals surface area contributed by atoms with Crippen LogP contribution in [0.25, 0.3) is 11.0 Å². The lowest BCUT2D eigenvalue weighted by atomic mass is 10.3. The summed E-state index contributed by atoms with van der Waals surface area (Å²) in [5, 5.41) is 6.99. The number of hydrogen-bond donors (Lipinski definition) is 1. The topological polar surface area (TPSA) is 95.0 Å². The molecule has 4 aromatic rings. The second-order valence-corrected chi connectivity index (χ2v) is 7.87. The highest BCUT2D eigenvalue weighted by atomic mass is 32.2. The van der Waals surface area contributed by atoms with Crippen LogP contribution in [0.5, 0.6) is 0 Å². The van der Waals surface area contributed by atoms with Gasteiger partial charge in [0, 0.05) is 12.6 Å². The Kier molecular flexibility index (Phi) is 6.08. The van der Waals surface area contributed by atoms with Crippen molar-refractivity contribution in [3.8, 4) is 0 Å². The molecule has 1 N–H and O–H groups in total. The zero-order valence-corrected chi connectivity index (χ0v) is 18.1. The monoisotopic (exact) mass is 459 g/mol. The Hall–Kier alpha value is -3.47. The molecular formula is C21H19F2N5O3S. The molecule has 3 aromatic heterocycles. The van der Waals surface area contributed by atoms with Crippen LogP contribution in [0.3, 0.4) is 0 Å². The summed E-state index contributed by atoms with van der Waals surface area (Å²) < 4.78 is 35.5. The van der Waals surface area contributed by atoms with Gasteiger partial charge < -0.3 is 9.73 Å². The number of carbonyl (C=O) groups excluding carboxylic acids is 1. The number of amides is 1. The molecule has 0 fully saturated rings. The average molecular weight is 459 g/mol. The third-order valence-electron chi connectivity index (χ3n) is 4.71. The van der Waals surface area contributed by atoms with Gasteiger partial charge in [0.15, 0.2) is 10.7 Å². The van der Waals surface area contributed by atoms with E-state index in [0.717, 1.165) is 30.0 Å². The van der Waals surface area contributed by atoms with Gasteiger partial charge in [0.25, 0.3) is 5.56 Å². The first-order valence-electron chi connectivity index (χ1n) is 9.75. The van der Waals surface area contributed by atoms with Gasteiger partial charge in [0.1, 0.15) is 22.9 Å². The molecule has 0 unspecified atom stereocenters. The van der Waals surface area contributed by atoms with Gasteiger partial charge >= 0.3 is 0 Å². The number of thioether (sulfide) groups is 1. The number of halogens is 2. The number of nitrogens with one attached hydrogen (secondary N) is 1. The molecule has 0 aliphatic carbocycles. The molecule has 0 aliphatic heterocycles. The van der Waals surface area contributed by atoms with Crippen LogP contribution in [0.15, 0.2) is 51.0 Å². The Bertz CT molecular complexity index is 1350. The van der Waals surface area contributed by atoms with Crippen LogP contribution in [-0.4, -0.2) is 31.0 Å². The third-order valence-corrected chi connectivity index (χ3v) is 5.69. The minimum Gasteiger partial charge on any atom is -0.467 e. The number of aryl methyl sites for hydroxylation is 2. The van der Waals surface area contributed by atoms with E-state index in [9.17, 15) is 18.4 Å². The molecule has 166 valence electrons. The van der Waals surface area contributed by atoms with Crippen LogP contribution in [0.1, 0.15) is 18.4 Å². The highest BCUT2D eigenvalue weighted by Gasteiger charge is 2.20. The fourth-order valence-electron chi connectivity index (χ4n) is 3.23. The van der Waals surface area contributed by atoms with Crippen molar-refractivity contribution in [2.75, 3.05) is 11.1 Å². The van der Waals surface area contributed by atoms with Gasteiger partial charge in [0.05, 0.1) is 29.9 Å². The minimum absolute atomic E-state index is 0.116. The summed E-state index contributed by atoms with van der Waals surface area (Å²) in [6.45, 7) is 4.24. The zero-order valence-electron chi connectivity index (χ0n) is 17.3. The van der Waals surface area contributed by atoms with Crippen LogP contribution < -0.4 is 10.9 Å². The summed E-state index contributed by atoms with van der Waals surface area (Å²) in [6.07, 6.45) is 1.50. The number of benzene rings is 1. The molecule has 4 rings (SSSR count). The van der Waals surface area contributed by atoms with E-state index in [1.807, 2.05) is 6.92 Å². The van der Waals surface area contributed by atoms with Crippen molar-refractivity contribution in [3.05, 3.63) is 70.0 Å². The maximum atomic E-state index is 13.8. The highest BCUT2D eigenvalue weighted by Crippen LogP contribution is 2.22. The summed E-state index contributed by atoms with van der Waals surface area (Å²) in [5.41, 5.74) is 0.844. The second kappa shape index (κ2) is 8.95. The van der Waals surface area contributed by atoms with E-state index in [-0.39, 0.29) is 28.7 Å². The van der Waals surface area contributed by atoms with E-state index in [1.165, 1.54) is 10.8 Å². The number of fused-ring (bicyclic) bond motifs is 1. The van der Waals surface area contributed by atoms with Crippen molar-refractivity contribution in [1.29, 1.82) is 0 Å². The Morgan fingerprint density at radius 2 is 2.09 bits per heavy atom. The molecule has 32 heavy (non-hydrogen) atoms. The molecule has 1 aromatic carbocycles. The van der Waals surface area contributed by atoms with Crippen LogP contribution in [0, 0.1) is 18.6 Å². The van der Waals surface area contributed by atoms with Gasteiger partial charge in [-0.3, -0.25) is 18.8 Å². The molecule has 0 atom stereocenters. The highest BCUT2D eigenvalue weighted by molar-refractivity contribution is 7.99. The number of carbonyl (C=O) groups is 1. The molecule has 0 aliphatic rings. The molecule has 1 amide bonds. The molecule has 11 heteroatoms. The summed E-state index contributed by atoms with van der Waals surface area (Å²) in [7, 11) is 0. The number of aromatic nitrogens is 4. The van der Waals surface area contributed by atoms with Crippen molar-refractivity contribution in [2.24, 2.45) is 0 Å². The molecule has 0 saturated heterocycles. The van der Waals surface area contributed by atoms with Gasteiger partial charge in [-0.2, -0.15) is 5.10 Å². The van der Waals surface area contributed by atoms with E-state index < -0.39 is 17.5 Å². The van der Waals surface area contributed by atoms with Crippen LogP contribution in [0.2, 0.25) is 0 Å². The maximum absolute atomic E-state index is 13.8. The molecule has 0 bridgehead atoms. The summed E-state index contributed by atoms with van der Waals surface area (Å²) in [4.78, 5) is 30.3. The average Bonchev–Trinajstić information content (AvgIpc) is 3.39. The predicted octanol–water partition coefficient (Wildman–Crippen LogP) is 3.57. The maximum Gasteiger partial charge on any atom is 0.280 e. The number of anilines is 1. The lowest BCUT2D eigenvalue weighted by Crippen LogP contribution is -2.26. The first kappa shape index (κ1) is 21.8. The summed E-state index contributed by atoms with van der Waals surface area (Å²) >= 11 is 1.01. The van der Waals surface area contributed by atoms with Crippen molar-refractivity contribution >= 4 is 34.4 Å².